The number of fused-ring (bicyclic) bond motifs is 1. The lowest BCUT2D eigenvalue weighted by Gasteiger charge is -2.05. The fourth-order valence-corrected chi connectivity index (χ4v) is 2.73. The minimum Gasteiger partial charge on any atom is -0.375 e. The highest BCUT2D eigenvalue weighted by molar-refractivity contribution is 7.22. The van der Waals surface area contributed by atoms with Crippen molar-refractivity contribution in [3.63, 3.8) is 0 Å². The minimum atomic E-state index is -0.237. The van der Waals surface area contributed by atoms with Crippen LogP contribution in [0, 0.1) is 11.3 Å². The first kappa shape index (κ1) is 13.1. The number of nitrogens with zero attached hydrogens (tertiary/aromatic N) is 2. The van der Waals surface area contributed by atoms with E-state index in [1.54, 1.807) is 42.5 Å². The Bertz CT molecular complexity index is 879. The molecule has 2 aromatic carbocycles. The van der Waals surface area contributed by atoms with E-state index in [9.17, 15) is 4.79 Å². The highest BCUT2D eigenvalue weighted by Crippen LogP contribution is 2.25. The summed E-state index contributed by atoms with van der Waals surface area (Å²) in [6.07, 6.45) is 0. The van der Waals surface area contributed by atoms with Crippen molar-refractivity contribution in [2.75, 3.05) is 11.1 Å². The molecule has 0 saturated heterocycles. The van der Waals surface area contributed by atoms with Crippen LogP contribution in [-0.4, -0.2) is 10.9 Å². The number of nitriles is 1. The van der Waals surface area contributed by atoms with E-state index in [2.05, 4.69) is 10.3 Å². The van der Waals surface area contributed by atoms with Gasteiger partial charge in [-0.1, -0.05) is 17.4 Å². The van der Waals surface area contributed by atoms with E-state index < -0.39 is 0 Å². The molecule has 0 fully saturated rings. The van der Waals surface area contributed by atoms with Gasteiger partial charge in [-0.05, 0) is 36.4 Å². The molecule has 0 atom stereocenters. The van der Waals surface area contributed by atoms with E-state index in [0.717, 1.165) is 10.2 Å². The molecule has 3 aromatic rings. The molecule has 0 aliphatic rings. The van der Waals surface area contributed by atoms with Crippen molar-refractivity contribution in [1.29, 1.82) is 5.26 Å². The van der Waals surface area contributed by atoms with Gasteiger partial charge in [-0.15, -0.1) is 0 Å². The smallest absolute Gasteiger partial charge is 0.255 e. The summed E-state index contributed by atoms with van der Waals surface area (Å²) in [4.78, 5) is 16.4. The molecule has 1 amide bonds. The van der Waals surface area contributed by atoms with Gasteiger partial charge >= 0.3 is 0 Å². The third-order valence-electron chi connectivity index (χ3n) is 2.92. The van der Waals surface area contributed by atoms with Crippen molar-refractivity contribution in [3.8, 4) is 6.07 Å². The number of rotatable bonds is 2. The van der Waals surface area contributed by atoms with Gasteiger partial charge in [0.25, 0.3) is 5.91 Å². The zero-order valence-corrected chi connectivity index (χ0v) is 11.6. The van der Waals surface area contributed by atoms with E-state index in [4.69, 9.17) is 11.0 Å². The third kappa shape index (κ3) is 2.68. The summed E-state index contributed by atoms with van der Waals surface area (Å²) in [6.45, 7) is 0. The number of thiazole rings is 1. The van der Waals surface area contributed by atoms with E-state index >= 15 is 0 Å². The highest BCUT2D eigenvalue weighted by Gasteiger charge is 2.09. The number of carbonyl (C=O) groups is 1. The number of amides is 1. The average molecular weight is 294 g/mol. The average Bonchev–Trinajstić information content (AvgIpc) is 2.86. The zero-order valence-electron chi connectivity index (χ0n) is 10.8. The lowest BCUT2D eigenvalue weighted by molar-refractivity contribution is 0.102. The predicted octanol–water partition coefficient (Wildman–Crippen LogP) is 3.00. The SMILES string of the molecule is N#Cc1cccc(NC(=O)c2ccc3nc(N)sc3c2)c1. The molecule has 6 heteroatoms. The monoisotopic (exact) mass is 294 g/mol. The molecule has 3 rings (SSSR count). The number of benzene rings is 2. The summed E-state index contributed by atoms with van der Waals surface area (Å²) in [7, 11) is 0. The minimum absolute atomic E-state index is 0.237. The van der Waals surface area contributed by atoms with Crippen LogP contribution < -0.4 is 11.1 Å². The van der Waals surface area contributed by atoms with Crippen molar-refractivity contribution in [3.05, 3.63) is 53.6 Å². The summed E-state index contributed by atoms with van der Waals surface area (Å²) < 4.78 is 0.867. The Morgan fingerprint density at radius 1 is 1.29 bits per heavy atom. The van der Waals surface area contributed by atoms with Crippen LogP contribution in [0.15, 0.2) is 42.5 Å². The largest absolute Gasteiger partial charge is 0.375 e. The summed E-state index contributed by atoms with van der Waals surface area (Å²) >= 11 is 1.34. The van der Waals surface area contributed by atoms with Gasteiger partial charge in [-0.25, -0.2) is 4.98 Å². The molecule has 0 aliphatic heterocycles. The van der Waals surface area contributed by atoms with Gasteiger partial charge < -0.3 is 11.1 Å². The Morgan fingerprint density at radius 2 is 2.14 bits per heavy atom. The van der Waals surface area contributed by atoms with Crippen molar-refractivity contribution >= 4 is 38.3 Å². The molecule has 1 aromatic heterocycles. The van der Waals surface area contributed by atoms with Crippen molar-refractivity contribution in [2.45, 2.75) is 0 Å². The second-order valence-electron chi connectivity index (χ2n) is 4.38. The Labute approximate surface area is 124 Å². The molecule has 0 spiro atoms. The van der Waals surface area contributed by atoms with Crippen LogP contribution in [0.4, 0.5) is 10.8 Å². The zero-order chi connectivity index (χ0) is 14.8. The Morgan fingerprint density at radius 3 is 2.95 bits per heavy atom. The first-order valence-electron chi connectivity index (χ1n) is 6.13. The molecule has 102 valence electrons. The third-order valence-corrected chi connectivity index (χ3v) is 3.76. The topological polar surface area (TPSA) is 91.8 Å². The summed E-state index contributed by atoms with van der Waals surface area (Å²) in [5, 5.41) is 12.1. The maximum absolute atomic E-state index is 12.2. The van der Waals surface area contributed by atoms with Crippen LogP contribution in [0.2, 0.25) is 0 Å². The van der Waals surface area contributed by atoms with Gasteiger partial charge in [-0.3, -0.25) is 4.79 Å². The Hall–Kier alpha value is -2.91. The Balaban J connectivity index is 1.87. The molecule has 5 nitrogen and oxygen atoms in total. The van der Waals surface area contributed by atoms with Crippen LogP contribution in [0.3, 0.4) is 0 Å². The van der Waals surface area contributed by atoms with E-state index in [-0.39, 0.29) is 5.91 Å². The molecule has 0 unspecified atom stereocenters. The lowest BCUT2D eigenvalue weighted by atomic mass is 10.2. The summed E-state index contributed by atoms with van der Waals surface area (Å²) in [5.41, 5.74) is 8.03. The fourth-order valence-electron chi connectivity index (χ4n) is 1.95. The highest BCUT2D eigenvalue weighted by atomic mass is 32.1. The first-order valence-corrected chi connectivity index (χ1v) is 6.95. The molecule has 0 radical (unpaired) electrons. The van der Waals surface area contributed by atoms with Crippen LogP contribution in [0.25, 0.3) is 10.2 Å². The molecular formula is C15H10N4OS. The quantitative estimate of drug-likeness (QED) is 0.760. The standard InChI is InChI=1S/C15H10N4OS/c16-8-9-2-1-3-11(6-9)18-14(20)10-4-5-12-13(7-10)21-15(17)19-12/h1-7H,(H2,17,19)(H,18,20). The number of nitrogens with one attached hydrogen (secondary N) is 1. The van der Waals surface area contributed by atoms with Crippen LogP contribution in [-0.2, 0) is 0 Å². The van der Waals surface area contributed by atoms with Crippen LogP contribution in [0.1, 0.15) is 15.9 Å². The van der Waals surface area contributed by atoms with E-state index in [1.807, 2.05) is 6.07 Å². The lowest BCUT2D eigenvalue weighted by Crippen LogP contribution is -2.11. The maximum Gasteiger partial charge on any atom is 0.255 e. The van der Waals surface area contributed by atoms with Crippen molar-refractivity contribution in [1.82, 2.24) is 4.98 Å². The first-order chi connectivity index (χ1) is 10.2. The van der Waals surface area contributed by atoms with Crippen LogP contribution >= 0.6 is 11.3 Å². The van der Waals surface area contributed by atoms with Crippen LogP contribution in [0.5, 0.6) is 0 Å². The fraction of sp³-hybridized carbons (Fsp3) is 0. The van der Waals surface area contributed by atoms with Crippen molar-refractivity contribution < 1.29 is 4.79 Å². The number of anilines is 2. The van der Waals surface area contributed by atoms with Gasteiger partial charge in [0.2, 0.25) is 0 Å². The Kier molecular flexibility index (Phi) is 3.26. The molecular weight excluding hydrogens is 284 g/mol. The molecule has 21 heavy (non-hydrogen) atoms. The summed E-state index contributed by atoms with van der Waals surface area (Å²) in [6, 6.07) is 14.0. The second kappa shape index (κ2) is 5.23. The molecule has 0 bridgehead atoms. The van der Waals surface area contributed by atoms with Crippen molar-refractivity contribution in [2.24, 2.45) is 0 Å². The predicted molar refractivity (Wildman–Crippen MR) is 83.1 cm³/mol. The van der Waals surface area contributed by atoms with Gasteiger partial charge in [0.15, 0.2) is 5.13 Å². The van der Waals surface area contributed by atoms with Gasteiger partial charge in [0.05, 0.1) is 21.8 Å². The number of hydrogen-bond acceptors (Lipinski definition) is 5. The van der Waals surface area contributed by atoms with Gasteiger partial charge in [0, 0.05) is 11.3 Å². The van der Waals surface area contributed by atoms with E-state index in [1.165, 1.54) is 11.3 Å². The number of aromatic nitrogens is 1. The molecule has 1 heterocycles. The number of hydrogen-bond donors (Lipinski definition) is 2. The normalized spacial score (nSPS) is 10.2. The summed E-state index contributed by atoms with van der Waals surface area (Å²) in [5.74, 6) is -0.237. The number of nitrogens with two attached hydrogens (primary N) is 1. The van der Waals surface area contributed by atoms with Gasteiger partial charge in [0.1, 0.15) is 0 Å². The second-order valence-corrected chi connectivity index (χ2v) is 5.44. The van der Waals surface area contributed by atoms with E-state index in [0.29, 0.717) is 21.9 Å². The number of carbonyl (C=O) groups excluding carboxylic acids is 1. The number of nitrogen functional groups attached to an aromatic ring is 1. The van der Waals surface area contributed by atoms with Gasteiger partial charge in [-0.2, -0.15) is 5.26 Å². The molecule has 0 saturated carbocycles. The maximum atomic E-state index is 12.2. The molecule has 3 N–H and O–H groups in total. The molecule has 0 aliphatic carbocycles.